The maximum Gasteiger partial charge on any atom is 0.255 e. The molecule has 5 heterocycles. The molecule has 1 aliphatic carbocycles. The van der Waals surface area contributed by atoms with Crippen LogP contribution in [0.5, 0.6) is 0 Å². The minimum atomic E-state index is -0.327. The molecule has 2 amide bonds. The van der Waals surface area contributed by atoms with Gasteiger partial charge in [0.25, 0.3) is 5.91 Å². The van der Waals surface area contributed by atoms with Gasteiger partial charge in [0.2, 0.25) is 11.9 Å². The summed E-state index contributed by atoms with van der Waals surface area (Å²) in [6.07, 6.45) is 9.65. The third-order valence-corrected chi connectivity index (χ3v) is 7.80. The van der Waals surface area contributed by atoms with Gasteiger partial charge in [-0.2, -0.15) is 0 Å². The van der Waals surface area contributed by atoms with Crippen molar-refractivity contribution in [3.8, 4) is 0 Å². The van der Waals surface area contributed by atoms with Crippen LogP contribution in [-0.2, 0) is 9.53 Å². The first-order valence-electron chi connectivity index (χ1n) is 13.1. The molecular weight excluding hydrogens is 472 g/mol. The number of hydrogen-bond acceptors (Lipinski definition) is 9. The predicted octanol–water partition coefficient (Wildman–Crippen LogP) is 0.714. The Bertz CT molecular complexity index is 1130. The fourth-order valence-electron chi connectivity index (χ4n) is 6.03. The Kier molecular flexibility index (Phi) is 6.51. The van der Waals surface area contributed by atoms with Crippen LogP contribution in [0.4, 0.5) is 5.82 Å². The molecule has 11 heteroatoms. The third kappa shape index (κ3) is 4.78. The summed E-state index contributed by atoms with van der Waals surface area (Å²) in [5.41, 5.74) is 1.51. The Morgan fingerprint density at radius 2 is 1.89 bits per heavy atom. The SMILES string of the molecule is CN(C)C(=O)C1C=C2C=NC(Nc3ccc(C(=O)N4CC5COCC(C4)N5)cn3)=NC2N1C1CCCC1. The van der Waals surface area contributed by atoms with Crippen molar-refractivity contribution < 1.29 is 14.3 Å². The highest BCUT2D eigenvalue weighted by Gasteiger charge is 2.44. The number of rotatable bonds is 4. The number of ether oxygens (including phenoxy) is 1. The van der Waals surface area contributed by atoms with E-state index >= 15 is 0 Å². The molecule has 2 N–H and O–H groups in total. The lowest BCUT2D eigenvalue weighted by molar-refractivity contribution is -0.133. The van der Waals surface area contributed by atoms with Gasteiger partial charge in [-0.1, -0.05) is 12.8 Å². The average Bonchev–Trinajstić information content (AvgIpc) is 3.55. The van der Waals surface area contributed by atoms with Crippen LogP contribution in [0.15, 0.2) is 40.0 Å². The predicted molar refractivity (Wildman–Crippen MR) is 140 cm³/mol. The highest BCUT2D eigenvalue weighted by atomic mass is 16.5. The Hall–Kier alpha value is -3.15. The van der Waals surface area contributed by atoms with Crippen molar-refractivity contribution in [2.24, 2.45) is 9.98 Å². The number of likely N-dealkylation sites (N-methyl/N-ethyl adjacent to an activating group) is 1. The standard InChI is InChI=1S/C26H34N8O3/c1-32(2)25(36)21-9-17-11-28-26(31-23(17)34(21)20-5-3-4-6-20)30-22-8-7-16(10-27-22)24(35)33-12-18-14-37-15-19(13-33)29-18/h7-11,18-21,23,29H,3-6,12-15H2,1-2H3,(H,27,30,31). The second-order valence-corrected chi connectivity index (χ2v) is 10.7. The summed E-state index contributed by atoms with van der Waals surface area (Å²) in [4.78, 5) is 45.6. The number of carbonyl (C=O) groups excluding carboxylic acids is 2. The fourth-order valence-corrected chi connectivity index (χ4v) is 6.03. The van der Waals surface area contributed by atoms with Crippen molar-refractivity contribution in [3.05, 3.63) is 35.5 Å². The van der Waals surface area contributed by atoms with Gasteiger partial charge in [-0.15, -0.1) is 0 Å². The van der Waals surface area contributed by atoms with Gasteiger partial charge in [-0.05, 0) is 31.1 Å². The molecule has 1 aromatic rings. The van der Waals surface area contributed by atoms with Gasteiger partial charge in [-0.3, -0.25) is 14.5 Å². The molecule has 3 fully saturated rings. The van der Waals surface area contributed by atoms with E-state index in [0.717, 1.165) is 18.4 Å². The molecule has 2 bridgehead atoms. The summed E-state index contributed by atoms with van der Waals surface area (Å²) in [6, 6.07) is 3.92. The number of nitrogens with one attached hydrogen (secondary N) is 2. The number of anilines is 1. The summed E-state index contributed by atoms with van der Waals surface area (Å²) >= 11 is 0. The summed E-state index contributed by atoms with van der Waals surface area (Å²) in [5.74, 6) is 1.06. The minimum absolute atomic E-state index is 0.0185. The number of morpholine rings is 1. The number of hydrogen-bond donors (Lipinski definition) is 2. The molecule has 4 aliphatic heterocycles. The number of pyridine rings is 1. The first-order chi connectivity index (χ1) is 18.0. The monoisotopic (exact) mass is 506 g/mol. The van der Waals surface area contributed by atoms with Gasteiger partial charge in [0.15, 0.2) is 0 Å². The number of carbonyl (C=O) groups is 2. The van der Waals surface area contributed by atoms with Gasteiger partial charge >= 0.3 is 0 Å². The molecular formula is C26H34N8O3. The number of piperazine rings is 1. The third-order valence-electron chi connectivity index (χ3n) is 7.80. The maximum absolute atomic E-state index is 13.1. The fraction of sp³-hybridized carbons (Fsp3) is 0.577. The highest BCUT2D eigenvalue weighted by Crippen LogP contribution is 2.35. The van der Waals surface area contributed by atoms with Crippen molar-refractivity contribution in [2.75, 3.05) is 45.7 Å². The van der Waals surface area contributed by atoms with Gasteiger partial charge in [-0.25, -0.2) is 15.0 Å². The number of nitrogens with zero attached hydrogens (tertiary/aromatic N) is 6. The topological polar surface area (TPSA) is 115 Å². The molecule has 6 rings (SSSR count). The number of amides is 2. The molecule has 196 valence electrons. The zero-order valence-corrected chi connectivity index (χ0v) is 21.3. The number of aliphatic imine (C=N–C) groups is 2. The van der Waals surface area contributed by atoms with Crippen LogP contribution in [0.3, 0.4) is 0 Å². The maximum atomic E-state index is 13.1. The van der Waals surface area contributed by atoms with Crippen LogP contribution in [-0.4, -0.2) is 114 Å². The van der Waals surface area contributed by atoms with Crippen molar-refractivity contribution in [1.29, 1.82) is 0 Å². The molecule has 37 heavy (non-hydrogen) atoms. The Morgan fingerprint density at radius 3 is 2.57 bits per heavy atom. The molecule has 0 spiro atoms. The Labute approximate surface area is 216 Å². The van der Waals surface area contributed by atoms with Crippen molar-refractivity contribution in [1.82, 2.24) is 25.0 Å². The Balaban J connectivity index is 1.15. The first-order valence-corrected chi connectivity index (χ1v) is 13.1. The number of fused-ring (bicyclic) bond motifs is 3. The molecule has 4 atom stereocenters. The second kappa shape index (κ2) is 9.96. The molecule has 0 radical (unpaired) electrons. The minimum Gasteiger partial charge on any atom is -0.378 e. The zero-order chi connectivity index (χ0) is 25.5. The summed E-state index contributed by atoms with van der Waals surface area (Å²) < 4.78 is 5.58. The molecule has 5 aliphatic rings. The van der Waals surface area contributed by atoms with E-state index in [1.54, 1.807) is 43.5 Å². The molecule has 4 unspecified atom stereocenters. The van der Waals surface area contributed by atoms with Crippen LogP contribution >= 0.6 is 0 Å². The van der Waals surface area contributed by atoms with Crippen LogP contribution in [0.25, 0.3) is 0 Å². The Morgan fingerprint density at radius 1 is 1.14 bits per heavy atom. The summed E-state index contributed by atoms with van der Waals surface area (Å²) in [7, 11) is 3.59. The first kappa shape index (κ1) is 24.2. The van der Waals surface area contributed by atoms with Crippen molar-refractivity contribution in [2.45, 2.75) is 56.0 Å². The van der Waals surface area contributed by atoms with Crippen LogP contribution in [0, 0.1) is 0 Å². The van der Waals surface area contributed by atoms with Gasteiger partial charge in [0, 0.05) is 63.3 Å². The lowest BCUT2D eigenvalue weighted by atomic mass is 10.1. The number of guanidine groups is 1. The van der Waals surface area contributed by atoms with Crippen molar-refractivity contribution >= 4 is 29.8 Å². The van der Waals surface area contributed by atoms with Gasteiger partial charge in [0.1, 0.15) is 18.0 Å². The smallest absolute Gasteiger partial charge is 0.255 e. The van der Waals surface area contributed by atoms with E-state index in [1.807, 2.05) is 11.0 Å². The highest BCUT2D eigenvalue weighted by molar-refractivity contribution is 6.04. The van der Waals surface area contributed by atoms with E-state index in [0.29, 0.717) is 49.7 Å². The van der Waals surface area contributed by atoms with Crippen molar-refractivity contribution in [3.63, 3.8) is 0 Å². The van der Waals surface area contributed by atoms with Gasteiger partial charge < -0.3 is 25.2 Å². The van der Waals surface area contributed by atoms with E-state index in [-0.39, 0.29) is 36.1 Å². The van der Waals surface area contributed by atoms with Crippen LogP contribution < -0.4 is 10.6 Å². The van der Waals surface area contributed by atoms with Crippen LogP contribution in [0.1, 0.15) is 36.0 Å². The quantitative estimate of drug-likeness (QED) is 0.618. The largest absolute Gasteiger partial charge is 0.378 e. The van der Waals surface area contributed by atoms with E-state index in [2.05, 4.69) is 25.5 Å². The molecule has 1 aromatic heterocycles. The number of aromatic nitrogens is 1. The van der Waals surface area contributed by atoms with Crippen LogP contribution in [0.2, 0.25) is 0 Å². The van der Waals surface area contributed by atoms with Gasteiger partial charge in [0.05, 0.1) is 18.8 Å². The molecule has 0 aromatic carbocycles. The van der Waals surface area contributed by atoms with E-state index in [4.69, 9.17) is 9.73 Å². The molecule has 1 saturated carbocycles. The van der Waals surface area contributed by atoms with E-state index in [9.17, 15) is 9.59 Å². The summed E-state index contributed by atoms with van der Waals surface area (Å²) in [5, 5.41) is 6.68. The van der Waals surface area contributed by atoms with E-state index in [1.165, 1.54) is 12.8 Å². The second-order valence-electron chi connectivity index (χ2n) is 10.7. The average molecular weight is 507 g/mol. The van der Waals surface area contributed by atoms with E-state index < -0.39 is 0 Å². The lowest BCUT2D eigenvalue weighted by Gasteiger charge is -2.42. The summed E-state index contributed by atoms with van der Waals surface area (Å²) in [6.45, 7) is 2.52. The molecule has 2 saturated heterocycles. The zero-order valence-electron chi connectivity index (χ0n) is 21.3. The normalized spacial score (nSPS) is 29.5. The lowest BCUT2D eigenvalue weighted by Crippen LogP contribution is -2.63. The molecule has 11 nitrogen and oxygen atoms in total.